The van der Waals surface area contributed by atoms with Crippen LogP contribution in [0.5, 0.6) is 5.75 Å². The van der Waals surface area contributed by atoms with Crippen molar-refractivity contribution in [3.05, 3.63) is 77.3 Å². The highest BCUT2D eigenvalue weighted by Gasteiger charge is 2.44. The molecular formula is C25H26N2O5. The number of carbonyl (C=O) groups excluding carboxylic acids is 2. The number of Topliss-reactive ketones (excluding diaryl/α,β-unsaturated/α-hetero) is 1. The van der Waals surface area contributed by atoms with Crippen molar-refractivity contribution in [3.8, 4) is 5.75 Å². The lowest BCUT2D eigenvalue weighted by Crippen LogP contribution is -2.36. The van der Waals surface area contributed by atoms with E-state index in [1.807, 2.05) is 56.3 Å². The van der Waals surface area contributed by atoms with E-state index in [1.165, 1.54) is 4.90 Å². The Morgan fingerprint density at radius 1 is 1.16 bits per heavy atom. The van der Waals surface area contributed by atoms with Crippen molar-refractivity contribution in [1.82, 2.24) is 9.80 Å². The fraction of sp³-hybridized carbons (Fsp3) is 0.280. The van der Waals surface area contributed by atoms with Gasteiger partial charge in [0.15, 0.2) is 11.5 Å². The molecule has 0 saturated carbocycles. The van der Waals surface area contributed by atoms with E-state index in [0.717, 1.165) is 5.39 Å². The second-order valence-electron chi connectivity index (χ2n) is 7.95. The summed E-state index contributed by atoms with van der Waals surface area (Å²) in [5.41, 5.74) is 1.31. The molecule has 1 aromatic heterocycles. The van der Waals surface area contributed by atoms with Crippen LogP contribution in [0.1, 0.15) is 29.1 Å². The zero-order valence-electron chi connectivity index (χ0n) is 18.4. The summed E-state index contributed by atoms with van der Waals surface area (Å²) in [7, 11) is 3.81. The van der Waals surface area contributed by atoms with E-state index in [2.05, 4.69) is 0 Å². The average Bonchev–Trinajstić information content (AvgIpc) is 3.32. The zero-order valence-corrected chi connectivity index (χ0v) is 18.4. The smallest absolute Gasteiger partial charge is 0.290 e. The van der Waals surface area contributed by atoms with E-state index in [0.29, 0.717) is 36.6 Å². The van der Waals surface area contributed by atoms with Gasteiger partial charge < -0.3 is 24.1 Å². The molecule has 0 spiro atoms. The fourth-order valence-electron chi connectivity index (χ4n) is 3.91. The molecule has 3 aromatic rings. The van der Waals surface area contributed by atoms with Crippen LogP contribution in [0, 0.1) is 0 Å². The number of rotatable bonds is 8. The number of aliphatic hydroxyl groups excluding tert-OH is 1. The number of amides is 1. The summed E-state index contributed by atoms with van der Waals surface area (Å²) < 4.78 is 11.3. The Bertz CT molecular complexity index is 1140. The highest BCUT2D eigenvalue weighted by molar-refractivity contribution is 6.16. The van der Waals surface area contributed by atoms with Crippen LogP contribution in [0.25, 0.3) is 11.0 Å². The predicted molar refractivity (Wildman–Crippen MR) is 121 cm³/mol. The van der Waals surface area contributed by atoms with Crippen LogP contribution in [0.15, 0.2) is 70.3 Å². The molecule has 0 aliphatic carbocycles. The molecule has 2 heterocycles. The van der Waals surface area contributed by atoms with E-state index in [4.69, 9.17) is 9.15 Å². The molecule has 1 amide bonds. The largest absolute Gasteiger partial charge is 0.503 e. The maximum Gasteiger partial charge on any atom is 0.290 e. The minimum atomic E-state index is -0.723. The molecule has 7 heteroatoms. The van der Waals surface area contributed by atoms with E-state index in [9.17, 15) is 14.7 Å². The highest BCUT2D eigenvalue weighted by atomic mass is 16.5. The Labute approximate surface area is 186 Å². The molecule has 1 aliphatic heterocycles. The zero-order chi connectivity index (χ0) is 22.8. The lowest BCUT2D eigenvalue weighted by molar-refractivity contribution is -0.129. The molecule has 1 unspecified atom stereocenters. The lowest BCUT2D eigenvalue weighted by Gasteiger charge is -2.28. The molecule has 4 rings (SSSR count). The molecular weight excluding hydrogens is 408 g/mol. The maximum atomic E-state index is 13.5. The van der Waals surface area contributed by atoms with Gasteiger partial charge in [-0.3, -0.25) is 9.59 Å². The standard InChI is InChI=1S/C25H26N2O5/c1-4-31-18-11-9-16(10-12-18)22-21(24(29)25(30)27(22)14-13-26(2)3)23(28)20-15-17-7-5-6-8-19(17)32-20/h5-12,15,22,29H,4,13-14H2,1-3H3. The number of nitrogens with zero attached hydrogens (tertiary/aromatic N) is 2. The topological polar surface area (TPSA) is 83.2 Å². The fourth-order valence-corrected chi connectivity index (χ4v) is 3.91. The molecule has 0 radical (unpaired) electrons. The SMILES string of the molecule is CCOc1ccc(C2C(C(=O)c3cc4ccccc4o3)=C(O)C(=O)N2CCN(C)C)cc1. The lowest BCUT2D eigenvalue weighted by atomic mass is 9.95. The second kappa shape index (κ2) is 8.88. The molecule has 7 nitrogen and oxygen atoms in total. The summed E-state index contributed by atoms with van der Waals surface area (Å²) in [6, 6.07) is 15.4. The third kappa shape index (κ3) is 3.99. The molecule has 0 bridgehead atoms. The molecule has 2 aromatic carbocycles. The van der Waals surface area contributed by atoms with Crippen LogP contribution in [0.4, 0.5) is 0 Å². The molecule has 1 N–H and O–H groups in total. The Morgan fingerprint density at radius 2 is 1.88 bits per heavy atom. The average molecular weight is 434 g/mol. The molecule has 1 aliphatic rings. The molecule has 32 heavy (non-hydrogen) atoms. The van der Waals surface area contributed by atoms with Crippen molar-refractivity contribution < 1.29 is 23.8 Å². The third-order valence-corrected chi connectivity index (χ3v) is 5.49. The van der Waals surface area contributed by atoms with Crippen molar-refractivity contribution in [2.24, 2.45) is 0 Å². The molecule has 0 saturated heterocycles. The third-order valence-electron chi connectivity index (χ3n) is 5.49. The van der Waals surface area contributed by atoms with Crippen molar-refractivity contribution in [2.45, 2.75) is 13.0 Å². The van der Waals surface area contributed by atoms with Gasteiger partial charge in [0.05, 0.1) is 18.2 Å². The van der Waals surface area contributed by atoms with Gasteiger partial charge in [-0.15, -0.1) is 0 Å². The van der Waals surface area contributed by atoms with Crippen molar-refractivity contribution in [1.29, 1.82) is 0 Å². The van der Waals surface area contributed by atoms with Gasteiger partial charge >= 0.3 is 0 Å². The first kappa shape index (κ1) is 21.6. The first-order chi connectivity index (χ1) is 15.4. The molecule has 0 fully saturated rings. The summed E-state index contributed by atoms with van der Waals surface area (Å²) in [5.74, 6) is -0.818. The number of ether oxygens (including phenoxy) is 1. The van der Waals surface area contributed by atoms with Crippen LogP contribution < -0.4 is 4.74 Å². The number of ketones is 1. The summed E-state index contributed by atoms with van der Waals surface area (Å²) in [6.07, 6.45) is 0. The van der Waals surface area contributed by atoms with Gasteiger partial charge in [0.2, 0.25) is 5.78 Å². The summed E-state index contributed by atoms with van der Waals surface area (Å²) in [6.45, 7) is 3.37. The first-order valence-corrected chi connectivity index (χ1v) is 10.6. The van der Waals surface area contributed by atoms with Gasteiger partial charge in [0.25, 0.3) is 5.91 Å². The number of para-hydroxylation sites is 1. The van der Waals surface area contributed by atoms with Crippen molar-refractivity contribution in [2.75, 3.05) is 33.8 Å². The van der Waals surface area contributed by atoms with Gasteiger partial charge in [-0.2, -0.15) is 0 Å². The maximum absolute atomic E-state index is 13.5. The Hall–Kier alpha value is -3.58. The number of fused-ring (bicyclic) bond motifs is 1. The van der Waals surface area contributed by atoms with Gasteiger partial charge in [0.1, 0.15) is 11.3 Å². The Balaban J connectivity index is 1.76. The Morgan fingerprint density at radius 3 is 2.53 bits per heavy atom. The second-order valence-corrected chi connectivity index (χ2v) is 7.95. The van der Waals surface area contributed by atoms with Gasteiger partial charge in [-0.25, -0.2) is 0 Å². The Kier molecular flexibility index (Phi) is 6.01. The van der Waals surface area contributed by atoms with Crippen LogP contribution in [0.2, 0.25) is 0 Å². The summed E-state index contributed by atoms with van der Waals surface area (Å²) >= 11 is 0. The summed E-state index contributed by atoms with van der Waals surface area (Å²) in [4.78, 5) is 29.9. The van der Waals surface area contributed by atoms with Crippen LogP contribution >= 0.6 is 0 Å². The minimum Gasteiger partial charge on any atom is -0.503 e. The number of hydrogen-bond acceptors (Lipinski definition) is 6. The van der Waals surface area contributed by atoms with E-state index in [1.54, 1.807) is 24.3 Å². The van der Waals surface area contributed by atoms with Crippen LogP contribution in [0.3, 0.4) is 0 Å². The highest BCUT2D eigenvalue weighted by Crippen LogP contribution is 2.39. The summed E-state index contributed by atoms with van der Waals surface area (Å²) in [5, 5.41) is 11.5. The van der Waals surface area contributed by atoms with Crippen molar-refractivity contribution in [3.63, 3.8) is 0 Å². The number of benzene rings is 2. The predicted octanol–water partition coefficient (Wildman–Crippen LogP) is 3.97. The van der Waals surface area contributed by atoms with Crippen molar-refractivity contribution >= 4 is 22.7 Å². The monoisotopic (exact) mass is 434 g/mol. The van der Waals surface area contributed by atoms with E-state index in [-0.39, 0.29) is 11.3 Å². The number of furan rings is 1. The number of carbonyl (C=O) groups is 2. The normalized spacial score (nSPS) is 16.4. The van der Waals surface area contributed by atoms with Crippen LogP contribution in [-0.2, 0) is 4.79 Å². The number of hydrogen-bond donors (Lipinski definition) is 1. The van der Waals surface area contributed by atoms with Gasteiger partial charge in [0, 0.05) is 18.5 Å². The molecule has 166 valence electrons. The van der Waals surface area contributed by atoms with E-state index >= 15 is 0 Å². The van der Waals surface area contributed by atoms with E-state index < -0.39 is 23.5 Å². The quantitative estimate of drug-likeness (QED) is 0.540. The minimum absolute atomic E-state index is 0.0250. The first-order valence-electron chi connectivity index (χ1n) is 10.6. The number of likely N-dealkylation sites (N-methyl/N-ethyl adjacent to an activating group) is 1. The molecule has 1 atom stereocenters. The van der Waals surface area contributed by atoms with Gasteiger partial charge in [-0.1, -0.05) is 30.3 Å². The van der Waals surface area contributed by atoms with Crippen LogP contribution in [-0.4, -0.2) is 60.4 Å². The number of aliphatic hydroxyl groups is 1. The van der Waals surface area contributed by atoms with Gasteiger partial charge in [-0.05, 0) is 50.8 Å².